The van der Waals surface area contributed by atoms with E-state index in [1.807, 2.05) is 25.1 Å². The summed E-state index contributed by atoms with van der Waals surface area (Å²) >= 11 is 0. The van der Waals surface area contributed by atoms with E-state index in [1.54, 1.807) is 6.92 Å². The predicted octanol–water partition coefficient (Wildman–Crippen LogP) is 2.74. The molecule has 1 fully saturated rings. The van der Waals surface area contributed by atoms with Gasteiger partial charge in [-0.3, -0.25) is 4.79 Å². The lowest BCUT2D eigenvalue weighted by atomic mass is 9.96. The summed E-state index contributed by atoms with van der Waals surface area (Å²) in [6.45, 7) is 5.95. The molecule has 1 aliphatic heterocycles. The highest BCUT2D eigenvalue weighted by atomic mass is 16.2. The second-order valence-electron chi connectivity index (χ2n) is 5.83. The molecule has 2 rings (SSSR count). The standard InChI is InChI=1S/C16H25N3O/c1-3-10-16(2,17)15(20)18-13-8-4-5-9-14(13)19-11-6-7-12-19/h4-5,8-9H,3,6-7,10-12,17H2,1-2H3,(H,18,20). The maximum Gasteiger partial charge on any atom is 0.244 e. The number of hydrogen-bond donors (Lipinski definition) is 2. The van der Waals surface area contributed by atoms with E-state index in [4.69, 9.17) is 5.73 Å². The van der Waals surface area contributed by atoms with E-state index in [0.717, 1.165) is 30.9 Å². The van der Waals surface area contributed by atoms with Gasteiger partial charge in [-0.15, -0.1) is 0 Å². The Morgan fingerprint density at radius 3 is 2.65 bits per heavy atom. The van der Waals surface area contributed by atoms with Crippen LogP contribution in [0.4, 0.5) is 11.4 Å². The first-order valence-electron chi connectivity index (χ1n) is 7.49. The molecule has 1 amide bonds. The summed E-state index contributed by atoms with van der Waals surface area (Å²) < 4.78 is 0. The highest BCUT2D eigenvalue weighted by molar-refractivity contribution is 6.00. The second-order valence-corrected chi connectivity index (χ2v) is 5.83. The van der Waals surface area contributed by atoms with Crippen molar-refractivity contribution in [3.05, 3.63) is 24.3 Å². The van der Waals surface area contributed by atoms with Crippen molar-refractivity contribution >= 4 is 17.3 Å². The molecule has 110 valence electrons. The fraction of sp³-hybridized carbons (Fsp3) is 0.562. The number of hydrogen-bond acceptors (Lipinski definition) is 3. The van der Waals surface area contributed by atoms with Crippen LogP contribution in [0.2, 0.25) is 0 Å². The van der Waals surface area contributed by atoms with Gasteiger partial charge in [-0.05, 0) is 38.3 Å². The Balaban J connectivity index is 2.15. The highest BCUT2D eigenvalue weighted by Gasteiger charge is 2.28. The number of nitrogens with zero attached hydrogens (tertiary/aromatic N) is 1. The van der Waals surface area contributed by atoms with Crippen molar-refractivity contribution < 1.29 is 4.79 Å². The maximum absolute atomic E-state index is 12.3. The average molecular weight is 275 g/mol. The smallest absolute Gasteiger partial charge is 0.244 e. The number of rotatable bonds is 5. The third kappa shape index (κ3) is 3.31. The van der Waals surface area contributed by atoms with Gasteiger partial charge in [0.1, 0.15) is 0 Å². The van der Waals surface area contributed by atoms with E-state index in [9.17, 15) is 4.79 Å². The average Bonchev–Trinajstić information content (AvgIpc) is 2.93. The van der Waals surface area contributed by atoms with Crippen LogP contribution in [0.5, 0.6) is 0 Å². The summed E-state index contributed by atoms with van der Waals surface area (Å²) in [7, 11) is 0. The van der Waals surface area contributed by atoms with Gasteiger partial charge in [-0.2, -0.15) is 0 Å². The molecule has 0 spiro atoms. The Hall–Kier alpha value is -1.55. The van der Waals surface area contributed by atoms with Crippen LogP contribution < -0.4 is 16.0 Å². The van der Waals surface area contributed by atoms with E-state index in [-0.39, 0.29) is 5.91 Å². The molecule has 1 unspecified atom stereocenters. The number of anilines is 2. The molecule has 1 aromatic rings. The van der Waals surface area contributed by atoms with Gasteiger partial charge < -0.3 is 16.0 Å². The Bertz CT molecular complexity index is 465. The number of benzene rings is 1. The van der Waals surface area contributed by atoms with Crippen molar-refractivity contribution in [3.8, 4) is 0 Å². The van der Waals surface area contributed by atoms with Gasteiger partial charge in [0, 0.05) is 13.1 Å². The van der Waals surface area contributed by atoms with Crippen molar-refractivity contribution in [2.24, 2.45) is 5.73 Å². The molecule has 1 heterocycles. The lowest BCUT2D eigenvalue weighted by molar-refractivity contribution is -0.120. The minimum atomic E-state index is -0.813. The summed E-state index contributed by atoms with van der Waals surface area (Å²) in [5.74, 6) is -0.106. The van der Waals surface area contributed by atoms with Crippen LogP contribution in [0.25, 0.3) is 0 Å². The minimum Gasteiger partial charge on any atom is -0.370 e. The normalized spacial score (nSPS) is 17.9. The lowest BCUT2D eigenvalue weighted by Gasteiger charge is -2.26. The number of carbonyl (C=O) groups excluding carboxylic acids is 1. The van der Waals surface area contributed by atoms with Gasteiger partial charge >= 0.3 is 0 Å². The van der Waals surface area contributed by atoms with Crippen LogP contribution in [0, 0.1) is 0 Å². The first kappa shape index (κ1) is 14.9. The molecular weight excluding hydrogens is 250 g/mol. The molecule has 0 aliphatic carbocycles. The minimum absolute atomic E-state index is 0.106. The van der Waals surface area contributed by atoms with E-state index in [0.29, 0.717) is 6.42 Å². The molecule has 20 heavy (non-hydrogen) atoms. The van der Waals surface area contributed by atoms with Gasteiger partial charge in [0.25, 0.3) is 0 Å². The molecule has 1 atom stereocenters. The molecule has 1 saturated heterocycles. The van der Waals surface area contributed by atoms with Crippen LogP contribution in [-0.4, -0.2) is 24.5 Å². The quantitative estimate of drug-likeness (QED) is 0.868. The van der Waals surface area contributed by atoms with E-state index >= 15 is 0 Å². The molecular formula is C16H25N3O. The second kappa shape index (κ2) is 6.27. The van der Waals surface area contributed by atoms with E-state index in [1.165, 1.54) is 12.8 Å². The van der Waals surface area contributed by atoms with Crippen molar-refractivity contribution in [1.29, 1.82) is 0 Å². The topological polar surface area (TPSA) is 58.4 Å². The van der Waals surface area contributed by atoms with Gasteiger partial charge in [0.15, 0.2) is 0 Å². The van der Waals surface area contributed by atoms with Crippen LogP contribution in [-0.2, 0) is 4.79 Å². The van der Waals surface area contributed by atoms with Crippen LogP contribution in [0.1, 0.15) is 39.5 Å². The van der Waals surface area contributed by atoms with E-state index < -0.39 is 5.54 Å². The van der Waals surface area contributed by atoms with Gasteiger partial charge in [-0.1, -0.05) is 25.5 Å². The zero-order valence-electron chi connectivity index (χ0n) is 12.5. The molecule has 0 aromatic heterocycles. The SMILES string of the molecule is CCCC(C)(N)C(=O)Nc1ccccc1N1CCCC1. The van der Waals surface area contributed by atoms with Crippen LogP contribution >= 0.6 is 0 Å². The lowest BCUT2D eigenvalue weighted by Crippen LogP contribution is -2.48. The number of para-hydroxylation sites is 2. The molecule has 3 N–H and O–H groups in total. The number of nitrogens with one attached hydrogen (secondary N) is 1. The molecule has 0 saturated carbocycles. The van der Waals surface area contributed by atoms with Crippen molar-refractivity contribution in [2.45, 2.75) is 45.1 Å². The van der Waals surface area contributed by atoms with Crippen LogP contribution in [0.15, 0.2) is 24.3 Å². The fourth-order valence-electron chi connectivity index (χ4n) is 2.71. The van der Waals surface area contributed by atoms with Gasteiger partial charge in [0.05, 0.1) is 16.9 Å². The maximum atomic E-state index is 12.3. The molecule has 0 radical (unpaired) electrons. The molecule has 0 bridgehead atoms. The Morgan fingerprint density at radius 2 is 2.00 bits per heavy atom. The van der Waals surface area contributed by atoms with Gasteiger partial charge in [0.2, 0.25) is 5.91 Å². The first-order chi connectivity index (χ1) is 9.54. The zero-order valence-corrected chi connectivity index (χ0v) is 12.5. The first-order valence-corrected chi connectivity index (χ1v) is 7.49. The third-order valence-electron chi connectivity index (χ3n) is 3.89. The Labute approximate surface area is 121 Å². The largest absolute Gasteiger partial charge is 0.370 e. The summed E-state index contributed by atoms with van der Waals surface area (Å²) in [5.41, 5.74) is 7.25. The number of carbonyl (C=O) groups is 1. The Morgan fingerprint density at radius 1 is 1.35 bits per heavy atom. The Kier molecular flexibility index (Phi) is 4.65. The predicted molar refractivity (Wildman–Crippen MR) is 84.0 cm³/mol. The van der Waals surface area contributed by atoms with E-state index in [2.05, 4.69) is 16.3 Å². The summed E-state index contributed by atoms with van der Waals surface area (Å²) in [6.07, 6.45) is 4.01. The van der Waals surface area contributed by atoms with Crippen molar-refractivity contribution in [3.63, 3.8) is 0 Å². The number of amides is 1. The fourth-order valence-corrected chi connectivity index (χ4v) is 2.71. The third-order valence-corrected chi connectivity index (χ3v) is 3.89. The van der Waals surface area contributed by atoms with Crippen molar-refractivity contribution in [2.75, 3.05) is 23.3 Å². The van der Waals surface area contributed by atoms with Crippen LogP contribution in [0.3, 0.4) is 0 Å². The summed E-state index contributed by atoms with van der Waals surface area (Å²) in [6, 6.07) is 7.97. The monoisotopic (exact) mass is 275 g/mol. The summed E-state index contributed by atoms with van der Waals surface area (Å²) in [5, 5.41) is 3.01. The molecule has 4 heteroatoms. The summed E-state index contributed by atoms with van der Waals surface area (Å²) in [4.78, 5) is 14.7. The molecule has 1 aromatic carbocycles. The number of nitrogens with two attached hydrogens (primary N) is 1. The highest BCUT2D eigenvalue weighted by Crippen LogP contribution is 2.29. The zero-order chi connectivity index (χ0) is 14.6. The molecule has 1 aliphatic rings. The van der Waals surface area contributed by atoms with Crippen molar-refractivity contribution in [1.82, 2.24) is 0 Å². The van der Waals surface area contributed by atoms with Gasteiger partial charge in [-0.25, -0.2) is 0 Å². The molecule has 4 nitrogen and oxygen atoms in total.